The van der Waals surface area contributed by atoms with Crippen LogP contribution in [0, 0.1) is 6.92 Å². The zero-order valence-electron chi connectivity index (χ0n) is 10.6. The summed E-state index contributed by atoms with van der Waals surface area (Å²) in [6, 6.07) is 10.1. The quantitative estimate of drug-likeness (QED) is 0.769. The normalized spacial score (nSPS) is 10.9. The molecular weight excluding hydrogens is 278 g/mol. The van der Waals surface area contributed by atoms with Crippen molar-refractivity contribution >= 4 is 28.7 Å². The highest BCUT2D eigenvalue weighted by atomic mass is 35.5. The summed E-state index contributed by atoms with van der Waals surface area (Å²) in [5.41, 5.74) is 2.96. The van der Waals surface area contributed by atoms with Crippen LogP contribution in [-0.4, -0.2) is 16.1 Å². The number of benzene rings is 2. The van der Waals surface area contributed by atoms with Crippen LogP contribution >= 0.6 is 11.6 Å². The number of oxazole rings is 1. The van der Waals surface area contributed by atoms with Crippen LogP contribution < -0.4 is 0 Å². The van der Waals surface area contributed by atoms with Gasteiger partial charge in [-0.15, -0.1) is 0 Å². The van der Waals surface area contributed by atoms with Gasteiger partial charge in [0.1, 0.15) is 5.52 Å². The van der Waals surface area contributed by atoms with Crippen molar-refractivity contribution in [2.75, 3.05) is 0 Å². The van der Waals surface area contributed by atoms with E-state index in [2.05, 4.69) is 4.98 Å². The van der Waals surface area contributed by atoms with Crippen molar-refractivity contribution in [3.63, 3.8) is 0 Å². The van der Waals surface area contributed by atoms with Crippen LogP contribution in [-0.2, 0) is 0 Å². The average molecular weight is 288 g/mol. The fourth-order valence-electron chi connectivity index (χ4n) is 1.91. The van der Waals surface area contributed by atoms with Gasteiger partial charge in [0.05, 0.1) is 5.56 Å². The Kier molecular flexibility index (Phi) is 2.95. The van der Waals surface area contributed by atoms with Crippen molar-refractivity contribution < 1.29 is 14.3 Å². The molecule has 0 fully saturated rings. The van der Waals surface area contributed by atoms with E-state index in [0.717, 1.165) is 11.1 Å². The third-order valence-corrected chi connectivity index (χ3v) is 3.46. The van der Waals surface area contributed by atoms with Gasteiger partial charge < -0.3 is 9.52 Å². The van der Waals surface area contributed by atoms with E-state index in [1.165, 1.54) is 12.1 Å². The number of rotatable bonds is 2. The number of carboxylic acids is 1. The Morgan fingerprint density at radius 1 is 1.25 bits per heavy atom. The molecule has 1 N–H and O–H groups in total. The molecule has 1 heterocycles. The number of nitrogens with zero attached hydrogens (tertiary/aromatic N) is 1. The van der Waals surface area contributed by atoms with Crippen molar-refractivity contribution in [2.24, 2.45) is 0 Å². The number of halogens is 1. The minimum Gasteiger partial charge on any atom is -0.478 e. The Morgan fingerprint density at radius 2 is 2.05 bits per heavy atom. The summed E-state index contributed by atoms with van der Waals surface area (Å²) >= 11 is 6.08. The maximum atomic E-state index is 10.9. The predicted molar refractivity (Wildman–Crippen MR) is 76.2 cm³/mol. The maximum absolute atomic E-state index is 10.9. The lowest BCUT2D eigenvalue weighted by Crippen LogP contribution is -1.94. The fourth-order valence-corrected chi connectivity index (χ4v) is 2.09. The molecule has 0 bridgehead atoms. The average Bonchev–Trinajstić information content (AvgIpc) is 2.84. The van der Waals surface area contributed by atoms with Crippen molar-refractivity contribution in [2.45, 2.75) is 6.92 Å². The molecule has 0 radical (unpaired) electrons. The highest BCUT2D eigenvalue weighted by Gasteiger charge is 2.11. The molecule has 0 aliphatic rings. The molecule has 20 heavy (non-hydrogen) atoms. The number of aromatic nitrogens is 1. The van der Waals surface area contributed by atoms with Crippen LogP contribution in [0.5, 0.6) is 0 Å². The second kappa shape index (κ2) is 4.65. The van der Waals surface area contributed by atoms with Gasteiger partial charge in [-0.3, -0.25) is 0 Å². The van der Waals surface area contributed by atoms with Crippen LogP contribution in [0.3, 0.4) is 0 Å². The van der Waals surface area contributed by atoms with Crippen molar-refractivity contribution in [3.8, 4) is 11.5 Å². The molecule has 5 heteroatoms. The molecule has 0 saturated heterocycles. The van der Waals surface area contributed by atoms with Crippen LogP contribution in [0.15, 0.2) is 40.8 Å². The SMILES string of the molecule is Cc1ccc(-c2nc3cc(C(=O)O)ccc3o2)cc1Cl. The summed E-state index contributed by atoms with van der Waals surface area (Å²) < 4.78 is 5.62. The van der Waals surface area contributed by atoms with E-state index >= 15 is 0 Å². The highest BCUT2D eigenvalue weighted by Crippen LogP contribution is 2.28. The van der Waals surface area contributed by atoms with Gasteiger partial charge in [0.15, 0.2) is 5.58 Å². The first-order valence-electron chi connectivity index (χ1n) is 5.95. The first kappa shape index (κ1) is 12.7. The number of fused-ring (bicyclic) bond motifs is 1. The Hall–Kier alpha value is -2.33. The largest absolute Gasteiger partial charge is 0.478 e. The van der Waals surface area contributed by atoms with Gasteiger partial charge in [-0.1, -0.05) is 17.7 Å². The van der Waals surface area contributed by atoms with Crippen molar-refractivity contribution in [1.82, 2.24) is 4.98 Å². The summed E-state index contributed by atoms with van der Waals surface area (Å²) in [6.07, 6.45) is 0. The molecule has 2 aromatic carbocycles. The Bertz CT molecular complexity index is 823. The topological polar surface area (TPSA) is 63.3 Å². The lowest BCUT2D eigenvalue weighted by Gasteiger charge is -1.99. The van der Waals surface area contributed by atoms with Crippen LogP contribution in [0.1, 0.15) is 15.9 Å². The second-order valence-corrected chi connectivity index (χ2v) is 4.88. The molecular formula is C15H10ClNO3. The summed E-state index contributed by atoms with van der Waals surface area (Å²) in [5, 5.41) is 9.59. The van der Waals surface area contributed by atoms with E-state index in [1.807, 2.05) is 19.1 Å². The van der Waals surface area contributed by atoms with Gasteiger partial charge in [-0.05, 0) is 42.8 Å². The molecule has 0 spiro atoms. The van der Waals surface area contributed by atoms with Gasteiger partial charge in [-0.2, -0.15) is 0 Å². The van der Waals surface area contributed by atoms with Crippen LogP contribution in [0.4, 0.5) is 0 Å². The van der Waals surface area contributed by atoms with E-state index in [4.69, 9.17) is 21.1 Å². The minimum absolute atomic E-state index is 0.180. The van der Waals surface area contributed by atoms with E-state index in [9.17, 15) is 4.79 Å². The zero-order valence-corrected chi connectivity index (χ0v) is 11.3. The third-order valence-electron chi connectivity index (χ3n) is 3.05. The lowest BCUT2D eigenvalue weighted by atomic mass is 10.1. The predicted octanol–water partition coefficient (Wildman–Crippen LogP) is 4.15. The fraction of sp³-hybridized carbons (Fsp3) is 0.0667. The lowest BCUT2D eigenvalue weighted by molar-refractivity contribution is 0.0697. The van der Waals surface area contributed by atoms with E-state index in [0.29, 0.717) is 22.0 Å². The molecule has 100 valence electrons. The zero-order chi connectivity index (χ0) is 14.3. The van der Waals surface area contributed by atoms with Crippen molar-refractivity contribution in [3.05, 3.63) is 52.5 Å². The summed E-state index contributed by atoms with van der Waals surface area (Å²) in [7, 11) is 0. The first-order valence-corrected chi connectivity index (χ1v) is 6.33. The Labute approximate surface area is 119 Å². The maximum Gasteiger partial charge on any atom is 0.335 e. The van der Waals surface area contributed by atoms with Crippen molar-refractivity contribution in [1.29, 1.82) is 0 Å². The highest BCUT2D eigenvalue weighted by molar-refractivity contribution is 6.31. The third kappa shape index (κ3) is 2.14. The molecule has 0 atom stereocenters. The molecule has 0 unspecified atom stereocenters. The Balaban J connectivity index is 2.12. The van der Waals surface area contributed by atoms with Gasteiger partial charge in [-0.25, -0.2) is 9.78 Å². The van der Waals surface area contributed by atoms with Gasteiger partial charge in [0.2, 0.25) is 5.89 Å². The molecule has 0 aliphatic carbocycles. The number of aromatic carboxylic acids is 1. The smallest absolute Gasteiger partial charge is 0.335 e. The number of carboxylic acid groups (broad SMARTS) is 1. The van der Waals surface area contributed by atoms with Gasteiger partial charge >= 0.3 is 5.97 Å². The second-order valence-electron chi connectivity index (χ2n) is 4.47. The molecule has 3 aromatic rings. The summed E-state index contributed by atoms with van der Waals surface area (Å²) in [5.74, 6) is -0.570. The van der Waals surface area contributed by atoms with Gasteiger partial charge in [0.25, 0.3) is 0 Å². The molecule has 1 aromatic heterocycles. The van der Waals surface area contributed by atoms with Gasteiger partial charge in [0, 0.05) is 10.6 Å². The van der Waals surface area contributed by atoms with Crippen LogP contribution in [0.25, 0.3) is 22.6 Å². The number of hydrogen-bond acceptors (Lipinski definition) is 3. The molecule has 3 rings (SSSR count). The number of carbonyl (C=O) groups is 1. The standard InChI is InChI=1S/C15H10ClNO3/c1-8-2-3-9(6-11(8)16)14-17-12-7-10(15(18)19)4-5-13(12)20-14/h2-7H,1H3,(H,18,19). The minimum atomic E-state index is -0.991. The molecule has 0 saturated carbocycles. The monoisotopic (exact) mass is 287 g/mol. The Morgan fingerprint density at radius 3 is 2.75 bits per heavy atom. The van der Waals surface area contributed by atoms with Crippen LogP contribution in [0.2, 0.25) is 5.02 Å². The summed E-state index contributed by atoms with van der Waals surface area (Å²) in [4.78, 5) is 15.2. The molecule has 0 aliphatic heterocycles. The number of hydrogen-bond donors (Lipinski definition) is 1. The molecule has 0 amide bonds. The number of aryl methyl sites for hydroxylation is 1. The first-order chi connectivity index (χ1) is 9.54. The molecule has 4 nitrogen and oxygen atoms in total. The van der Waals surface area contributed by atoms with E-state index in [-0.39, 0.29) is 5.56 Å². The van der Waals surface area contributed by atoms with E-state index in [1.54, 1.807) is 12.1 Å². The summed E-state index contributed by atoms with van der Waals surface area (Å²) in [6.45, 7) is 1.91. The van der Waals surface area contributed by atoms with E-state index < -0.39 is 5.97 Å².